The van der Waals surface area contributed by atoms with Crippen molar-refractivity contribution < 1.29 is 4.74 Å². The van der Waals surface area contributed by atoms with Crippen LogP contribution in [-0.2, 0) is 4.74 Å². The van der Waals surface area contributed by atoms with E-state index < -0.39 is 0 Å². The second-order valence-electron chi connectivity index (χ2n) is 3.86. The maximum atomic E-state index is 5.48. The summed E-state index contributed by atoms with van der Waals surface area (Å²) in [6.45, 7) is 8.51. The predicted octanol–water partition coefficient (Wildman–Crippen LogP) is 1.36. The Kier molecular flexibility index (Phi) is 2.90. The van der Waals surface area contributed by atoms with Crippen LogP contribution in [0.25, 0.3) is 0 Å². The SMILES string of the molecule is CC(C)C1COCC(C)N1C. The molecule has 0 bridgehead atoms. The normalized spacial score (nSPS) is 34.6. The first-order valence-corrected chi connectivity index (χ1v) is 4.42. The molecule has 0 saturated carbocycles. The van der Waals surface area contributed by atoms with Crippen molar-refractivity contribution in [3.05, 3.63) is 0 Å². The summed E-state index contributed by atoms with van der Waals surface area (Å²) in [6.07, 6.45) is 0. The Morgan fingerprint density at radius 2 is 2.00 bits per heavy atom. The van der Waals surface area contributed by atoms with Crippen molar-refractivity contribution in [3.63, 3.8) is 0 Å². The Bertz CT molecular complexity index is 125. The first-order valence-electron chi connectivity index (χ1n) is 4.42. The molecule has 1 rings (SSSR count). The van der Waals surface area contributed by atoms with Gasteiger partial charge in [-0.15, -0.1) is 0 Å². The van der Waals surface area contributed by atoms with E-state index in [1.54, 1.807) is 0 Å². The fourth-order valence-electron chi connectivity index (χ4n) is 1.58. The fourth-order valence-corrected chi connectivity index (χ4v) is 1.58. The molecule has 0 aromatic heterocycles. The summed E-state index contributed by atoms with van der Waals surface area (Å²) in [4.78, 5) is 2.42. The summed E-state index contributed by atoms with van der Waals surface area (Å²) in [7, 11) is 2.19. The van der Waals surface area contributed by atoms with Gasteiger partial charge in [0.05, 0.1) is 13.2 Å². The lowest BCUT2D eigenvalue weighted by atomic mass is 10.0. The molecule has 0 aromatic rings. The van der Waals surface area contributed by atoms with Gasteiger partial charge in [-0.2, -0.15) is 0 Å². The molecule has 66 valence electrons. The van der Waals surface area contributed by atoms with E-state index in [9.17, 15) is 0 Å². The van der Waals surface area contributed by atoms with Gasteiger partial charge < -0.3 is 4.74 Å². The number of morpholine rings is 1. The molecule has 0 aromatic carbocycles. The second-order valence-corrected chi connectivity index (χ2v) is 3.86. The quantitative estimate of drug-likeness (QED) is 0.570. The molecule has 2 nitrogen and oxygen atoms in total. The third-order valence-corrected chi connectivity index (χ3v) is 2.64. The molecule has 1 aliphatic heterocycles. The lowest BCUT2D eigenvalue weighted by Gasteiger charge is -2.39. The summed E-state index contributed by atoms with van der Waals surface area (Å²) in [5.41, 5.74) is 0. The van der Waals surface area contributed by atoms with Crippen LogP contribution in [0.15, 0.2) is 0 Å². The van der Waals surface area contributed by atoms with E-state index in [0.29, 0.717) is 18.0 Å². The Morgan fingerprint density at radius 3 is 2.45 bits per heavy atom. The van der Waals surface area contributed by atoms with Gasteiger partial charge >= 0.3 is 0 Å². The standard InChI is InChI=1S/C9H19NO/c1-7(2)9-6-11-5-8(3)10(9)4/h7-9H,5-6H2,1-4H3. The predicted molar refractivity (Wildman–Crippen MR) is 46.7 cm³/mol. The molecule has 0 amide bonds. The van der Waals surface area contributed by atoms with E-state index in [-0.39, 0.29) is 0 Å². The average molecular weight is 157 g/mol. The van der Waals surface area contributed by atoms with Gasteiger partial charge in [0.1, 0.15) is 0 Å². The van der Waals surface area contributed by atoms with E-state index in [1.807, 2.05) is 0 Å². The molecule has 11 heavy (non-hydrogen) atoms. The van der Waals surface area contributed by atoms with E-state index in [1.165, 1.54) is 0 Å². The largest absolute Gasteiger partial charge is 0.378 e. The Morgan fingerprint density at radius 1 is 1.36 bits per heavy atom. The van der Waals surface area contributed by atoms with Gasteiger partial charge in [0, 0.05) is 12.1 Å². The van der Waals surface area contributed by atoms with Crippen LogP contribution in [0.4, 0.5) is 0 Å². The van der Waals surface area contributed by atoms with Gasteiger partial charge in [-0.05, 0) is 19.9 Å². The molecule has 0 N–H and O–H groups in total. The number of ether oxygens (including phenoxy) is 1. The molecule has 1 fully saturated rings. The monoisotopic (exact) mass is 157 g/mol. The van der Waals surface area contributed by atoms with E-state index >= 15 is 0 Å². The smallest absolute Gasteiger partial charge is 0.0625 e. The summed E-state index contributed by atoms with van der Waals surface area (Å²) < 4.78 is 5.48. The van der Waals surface area contributed by atoms with Crippen molar-refractivity contribution in [1.29, 1.82) is 0 Å². The maximum absolute atomic E-state index is 5.48. The first kappa shape index (κ1) is 9.01. The van der Waals surface area contributed by atoms with Crippen molar-refractivity contribution in [3.8, 4) is 0 Å². The van der Waals surface area contributed by atoms with Crippen LogP contribution in [0.3, 0.4) is 0 Å². The van der Waals surface area contributed by atoms with Crippen LogP contribution >= 0.6 is 0 Å². The van der Waals surface area contributed by atoms with Gasteiger partial charge in [0.15, 0.2) is 0 Å². The molecule has 0 radical (unpaired) electrons. The summed E-state index contributed by atoms with van der Waals surface area (Å²) in [6, 6.07) is 1.19. The van der Waals surface area contributed by atoms with Crippen LogP contribution in [0.1, 0.15) is 20.8 Å². The van der Waals surface area contributed by atoms with Gasteiger partial charge in [-0.1, -0.05) is 13.8 Å². The zero-order chi connectivity index (χ0) is 8.43. The lowest BCUT2D eigenvalue weighted by molar-refractivity contribution is -0.0446. The number of likely N-dealkylation sites (N-methyl/N-ethyl adjacent to an activating group) is 1. The highest BCUT2D eigenvalue weighted by Gasteiger charge is 2.26. The number of nitrogens with zero attached hydrogens (tertiary/aromatic N) is 1. The molecular formula is C9H19NO. The molecule has 0 spiro atoms. The van der Waals surface area contributed by atoms with E-state index in [2.05, 4.69) is 32.7 Å². The molecule has 0 aliphatic carbocycles. The Balaban J connectivity index is 2.51. The van der Waals surface area contributed by atoms with Gasteiger partial charge in [-0.25, -0.2) is 0 Å². The average Bonchev–Trinajstić information content (AvgIpc) is 1.94. The number of hydrogen-bond donors (Lipinski definition) is 0. The van der Waals surface area contributed by atoms with Crippen molar-refractivity contribution >= 4 is 0 Å². The van der Waals surface area contributed by atoms with Crippen molar-refractivity contribution in [2.75, 3.05) is 20.3 Å². The van der Waals surface area contributed by atoms with Gasteiger partial charge in [0.2, 0.25) is 0 Å². The van der Waals surface area contributed by atoms with Crippen LogP contribution in [0, 0.1) is 5.92 Å². The highest BCUT2D eigenvalue weighted by atomic mass is 16.5. The Labute approximate surface area is 69.5 Å². The van der Waals surface area contributed by atoms with Crippen molar-refractivity contribution in [2.24, 2.45) is 5.92 Å². The highest BCUT2D eigenvalue weighted by molar-refractivity contribution is 4.79. The van der Waals surface area contributed by atoms with Crippen molar-refractivity contribution in [2.45, 2.75) is 32.9 Å². The third kappa shape index (κ3) is 1.94. The number of hydrogen-bond acceptors (Lipinski definition) is 2. The van der Waals surface area contributed by atoms with E-state index in [0.717, 1.165) is 13.2 Å². The zero-order valence-electron chi connectivity index (χ0n) is 8.00. The molecule has 1 aliphatic rings. The Hall–Kier alpha value is -0.0800. The van der Waals surface area contributed by atoms with Crippen LogP contribution in [0.2, 0.25) is 0 Å². The van der Waals surface area contributed by atoms with Crippen molar-refractivity contribution in [1.82, 2.24) is 4.90 Å². The second kappa shape index (κ2) is 3.55. The highest BCUT2D eigenvalue weighted by Crippen LogP contribution is 2.16. The first-order chi connectivity index (χ1) is 5.13. The molecular weight excluding hydrogens is 138 g/mol. The summed E-state index contributed by atoms with van der Waals surface area (Å²) in [5.74, 6) is 0.697. The summed E-state index contributed by atoms with van der Waals surface area (Å²) >= 11 is 0. The van der Waals surface area contributed by atoms with Gasteiger partial charge in [0.25, 0.3) is 0 Å². The summed E-state index contributed by atoms with van der Waals surface area (Å²) in [5, 5.41) is 0. The molecule has 1 saturated heterocycles. The molecule has 1 heterocycles. The maximum Gasteiger partial charge on any atom is 0.0625 e. The topological polar surface area (TPSA) is 12.5 Å². The minimum atomic E-state index is 0.580. The lowest BCUT2D eigenvalue weighted by Crippen LogP contribution is -2.50. The third-order valence-electron chi connectivity index (χ3n) is 2.64. The molecule has 2 atom stereocenters. The van der Waals surface area contributed by atoms with Crippen LogP contribution in [-0.4, -0.2) is 37.2 Å². The minimum absolute atomic E-state index is 0.580. The minimum Gasteiger partial charge on any atom is -0.378 e. The van der Waals surface area contributed by atoms with Crippen LogP contribution < -0.4 is 0 Å². The fraction of sp³-hybridized carbons (Fsp3) is 1.00. The van der Waals surface area contributed by atoms with Crippen LogP contribution in [0.5, 0.6) is 0 Å². The van der Waals surface area contributed by atoms with E-state index in [4.69, 9.17) is 4.74 Å². The molecule has 2 heteroatoms. The molecule has 2 unspecified atom stereocenters. The zero-order valence-corrected chi connectivity index (χ0v) is 8.00. The number of rotatable bonds is 1. The van der Waals surface area contributed by atoms with Gasteiger partial charge in [-0.3, -0.25) is 4.90 Å².